The highest BCUT2D eigenvalue weighted by atomic mass is 79.9. The van der Waals surface area contributed by atoms with E-state index in [1.54, 1.807) is 0 Å². The molecule has 0 fully saturated rings. The molecule has 0 radical (unpaired) electrons. The van der Waals surface area contributed by atoms with Gasteiger partial charge >= 0.3 is 5.97 Å². The summed E-state index contributed by atoms with van der Waals surface area (Å²) in [5, 5.41) is 17.3. The van der Waals surface area contributed by atoms with E-state index in [1.807, 2.05) is 0 Å². The van der Waals surface area contributed by atoms with Crippen LogP contribution in [0.1, 0.15) is 9.67 Å². The lowest BCUT2D eigenvalue weighted by molar-refractivity contribution is 0.0699. The van der Waals surface area contributed by atoms with E-state index in [1.165, 1.54) is 6.07 Å². The van der Waals surface area contributed by atoms with E-state index in [0.717, 1.165) is 11.3 Å². The summed E-state index contributed by atoms with van der Waals surface area (Å²) >= 11 is 4.04. The topological polar surface area (TPSA) is 57.5 Å². The Morgan fingerprint density at radius 3 is 2.50 bits per heavy atom. The molecule has 0 saturated carbocycles. The minimum absolute atomic E-state index is 0.0353. The van der Waals surface area contributed by atoms with Gasteiger partial charge in [0.1, 0.15) is 5.75 Å². The summed E-state index contributed by atoms with van der Waals surface area (Å²) in [4.78, 5) is 10.2. The molecule has 0 atom stereocenters. The van der Waals surface area contributed by atoms with Gasteiger partial charge in [0.2, 0.25) is 0 Å². The molecular weight excluding hydrogens is 220 g/mol. The first kappa shape index (κ1) is 7.56. The highest BCUT2D eigenvalue weighted by Gasteiger charge is 2.12. The molecule has 0 aliphatic heterocycles. The van der Waals surface area contributed by atoms with Gasteiger partial charge in [-0.25, -0.2) is 4.79 Å². The van der Waals surface area contributed by atoms with Crippen LogP contribution in [0, 0.1) is 0 Å². The van der Waals surface area contributed by atoms with E-state index in [0.29, 0.717) is 3.79 Å². The third kappa shape index (κ3) is 1.30. The Kier molecular flexibility index (Phi) is 1.96. The third-order valence-electron chi connectivity index (χ3n) is 0.877. The van der Waals surface area contributed by atoms with Gasteiger partial charge in [0.25, 0.3) is 0 Å². The van der Waals surface area contributed by atoms with Gasteiger partial charge in [-0.05, 0) is 15.9 Å². The number of thiophene rings is 1. The largest absolute Gasteiger partial charge is 0.506 e. The maximum absolute atomic E-state index is 10.3. The SMILES string of the molecule is O=C(O)c1sc(Br)cc1O. The highest BCUT2D eigenvalue weighted by Crippen LogP contribution is 2.31. The molecule has 0 amide bonds. The lowest BCUT2D eigenvalue weighted by Crippen LogP contribution is -1.90. The Hall–Kier alpha value is -0.550. The van der Waals surface area contributed by atoms with Crippen LogP contribution in [0.25, 0.3) is 0 Å². The molecule has 0 aliphatic carbocycles. The Labute approximate surface area is 69.1 Å². The molecule has 1 rings (SSSR count). The van der Waals surface area contributed by atoms with Gasteiger partial charge in [0, 0.05) is 6.07 Å². The molecule has 0 aromatic carbocycles. The van der Waals surface area contributed by atoms with Crippen LogP contribution >= 0.6 is 27.3 Å². The van der Waals surface area contributed by atoms with E-state index in [9.17, 15) is 4.79 Å². The zero-order chi connectivity index (χ0) is 7.72. The average molecular weight is 223 g/mol. The van der Waals surface area contributed by atoms with E-state index >= 15 is 0 Å². The van der Waals surface area contributed by atoms with Crippen LogP contribution in [-0.2, 0) is 0 Å². The van der Waals surface area contributed by atoms with Crippen molar-refractivity contribution in [2.75, 3.05) is 0 Å². The second-order valence-corrected chi connectivity index (χ2v) is 4.00. The van der Waals surface area contributed by atoms with Crippen molar-refractivity contribution in [1.29, 1.82) is 0 Å². The zero-order valence-electron chi connectivity index (χ0n) is 4.67. The molecule has 5 heteroatoms. The van der Waals surface area contributed by atoms with Crippen molar-refractivity contribution < 1.29 is 15.0 Å². The fourth-order valence-corrected chi connectivity index (χ4v) is 1.82. The standard InChI is InChI=1S/C5H3BrO3S/c6-3-1-2(7)4(10-3)5(8)9/h1,7H,(H,8,9). The first-order valence-corrected chi connectivity index (χ1v) is 3.94. The van der Waals surface area contributed by atoms with E-state index in [2.05, 4.69) is 15.9 Å². The first-order valence-electron chi connectivity index (χ1n) is 2.33. The van der Waals surface area contributed by atoms with Crippen LogP contribution < -0.4 is 0 Å². The van der Waals surface area contributed by atoms with E-state index in [-0.39, 0.29) is 10.6 Å². The summed E-state index contributed by atoms with van der Waals surface area (Å²) in [5.74, 6) is -1.29. The van der Waals surface area contributed by atoms with Gasteiger partial charge in [-0.3, -0.25) is 0 Å². The minimum atomic E-state index is -1.10. The maximum atomic E-state index is 10.3. The summed E-state index contributed by atoms with van der Waals surface area (Å²) in [5.41, 5.74) is 0. The van der Waals surface area contributed by atoms with Crippen LogP contribution in [0.5, 0.6) is 5.75 Å². The van der Waals surface area contributed by atoms with Crippen molar-refractivity contribution in [2.24, 2.45) is 0 Å². The molecule has 0 saturated heterocycles. The molecular formula is C5H3BrO3S. The van der Waals surface area contributed by atoms with Crippen LogP contribution in [0.4, 0.5) is 0 Å². The minimum Gasteiger partial charge on any atom is -0.506 e. The maximum Gasteiger partial charge on any atom is 0.349 e. The first-order chi connectivity index (χ1) is 4.61. The zero-order valence-corrected chi connectivity index (χ0v) is 7.07. The number of aromatic carboxylic acids is 1. The Balaban J connectivity index is 3.15. The van der Waals surface area contributed by atoms with E-state index in [4.69, 9.17) is 10.2 Å². The van der Waals surface area contributed by atoms with Crippen LogP contribution in [0.15, 0.2) is 9.85 Å². The molecule has 54 valence electrons. The molecule has 1 heterocycles. The molecule has 0 spiro atoms. The second-order valence-electron chi connectivity index (χ2n) is 1.57. The summed E-state index contributed by atoms with van der Waals surface area (Å²) in [6, 6.07) is 1.36. The van der Waals surface area contributed by atoms with Crippen molar-refractivity contribution in [2.45, 2.75) is 0 Å². The predicted molar refractivity (Wildman–Crippen MR) is 40.6 cm³/mol. The number of aromatic hydroxyl groups is 1. The smallest absolute Gasteiger partial charge is 0.349 e. The van der Waals surface area contributed by atoms with Gasteiger partial charge in [0.15, 0.2) is 4.88 Å². The van der Waals surface area contributed by atoms with E-state index < -0.39 is 5.97 Å². The molecule has 0 bridgehead atoms. The van der Waals surface area contributed by atoms with Crippen molar-refractivity contribution in [3.63, 3.8) is 0 Å². The molecule has 0 aliphatic rings. The Morgan fingerprint density at radius 1 is 1.70 bits per heavy atom. The number of carboxylic acid groups (broad SMARTS) is 1. The quantitative estimate of drug-likeness (QED) is 0.764. The van der Waals surface area contributed by atoms with Gasteiger partial charge in [-0.2, -0.15) is 0 Å². The van der Waals surface area contributed by atoms with Crippen molar-refractivity contribution in [3.8, 4) is 5.75 Å². The Morgan fingerprint density at radius 2 is 2.30 bits per heavy atom. The number of hydrogen-bond donors (Lipinski definition) is 2. The van der Waals surface area contributed by atoms with Crippen LogP contribution in [-0.4, -0.2) is 16.2 Å². The average Bonchev–Trinajstić information content (AvgIpc) is 2.10. The number of carbonyl (C=O) groups is 1. The Bertz CT molecular complexity index is 268. The lowest BCUT2D eigenvalue weighted by Gasteiger charge is -1.85. The number of hydrogen-bond acceptors (Lipinski definition) is 3. The molecule has 2 N–H and O–H groups in total. The van der Waals surface area contributed by atoms with Crippen LogP contribution in [0.3, 0.4) is 0 Å². The number of rotatable bonds is 1. The van der Waals surface area contributed by atoms with Gasteiger partial charge in [0.05, 0.1) is 3.79 Å². The normalized spacial score (nSPS) is 9.70. The third-order valence-corrected chi connectivity index (χ3v) is 2.49. The molecule has 3 nitrogen and oxygen atoms in total. The number of carboxylic acids is 1. The summed E-state index contributed by atoms with van der Waals surface area (Å²) < 4.78 is 0.613. The molecule has 1 aromatic heterocycles. The van der Waals surface area contributed by atoms with Gasteiger partial charge in [-0.1, -0.05) is 0 Å². The molecule has 1 aromatic rings. The summed E-state index contributed by atoms with van der Waals surface area (Å²) in [6.07, 6.45) is 0. The number of halogens is 1. The summed E-state index contributed by atoms with van der Waals surface area (Å²) in [6.45, 7) is 0. The van der Waals surface area contributed by atoms with Gasteiger partial charge in [-0.15, -0.1) is 11.3 Å². The van der Waals surface area contributed by atoms with Crippen molar-refractivity contribution >= 4 is 33.2 Å². The predicted octanol–water partition coefficient (Wildman–Crippen LogP) is 1.91. The highest BCUT2D eigenvalue weighted by molar-refractivity contribution is 9.11. The monoisotopic (exact) mass is 222 g/mol. The van der Waals surface area contributed by atoms with Crippen LogP contribution in [0.2, 0.25) is 0 Å². The second kappa shape index (κ2) is 2.59. The van der Waals surface area contributed by atoms with Gasteiger partial charge < -0.3 is 10.2 Å². The lowest BCUT2D eigenvalue weighted by atomic mass is 10.4. The fraction of sp³-hybridized carbons (Fsp3) is 0. The van der Waals surface area contributed by atoms with Crippen molar-refractivity contribution in [3.05, 3.63) is 14.7 Å². The molecule has 10 heavy (non-hydrogen) atoms. The summed E-state index contributed by atoms with van der Waals surface area (Å²) in [7, 11) is 0. The molecule has 0 unspecified atom stereocenters. The fourth-order valence-electron chi connectivity index (χ4n) is 0.506. The van der Waals surface area contributed by atoms with Crippen molar-refractivity contribution in [1.82, 2.24) is 0 Å².